The summed E-state index contributed by atoms with van der Waals surface area (Å²) in [5.74, 6) is 5.54. The Morgan fingerprint density at radius 3 is 3.00 bits per heavy atom. The van der Waals surface area contributed by atoms with Gasteiger partial charge in [0.25, 0.3) is 0 Å². The largest absolute Gasteiger partial charge is 0.380 e. The molecule has 1 aliphatic rings. The van der Waals surface area contributed by atoms with Gasteiger partial charge in [0, 0.05) is 32.5 Å². The predicted octanol–water partition coefficient (Wildman–Crippen LogP) is -0.223. The molecule has 100 valence electrons. The SMILES string of the molecule is COC1CCN(S(=O)(=O)c2ccnc(NN)c2)C1. The molecule has 0 aliphatic carbocycles. The zero-order chi connectivity index (χ0) is 13.2. The van der Waals surface area contributed by atoms with E-state index in [1.807, 2.05) is 0 Å². The number of aromatic nitrogens is 1. The van der Waals surface area contributed by atoms with E-state index in [2.05, 4.69) is 10.4 Å². The molecule has 0 aromatic carbocycles. The monoisotopic (exact) mass is 272 g/mol. The molecule has 1 aromatic rings. The third-order valence-corrected chi connectivity index (χ3v) is 4.82. The molecule has 3 N–H and O–H groups in total. The van der Waals surface area contributed by atoms with E-state index in [1.165, 1.54) is 22.6 Å². The van der Waals surface area contributed by atoms with Gasteiger partial charge in [0.2, 0.25) is 10.0 Å². The van der Waals surface area contributed by atoms with E-state index in [0.717, 1.165) is 0 Å². The Labute approximate surface area is 106 Å². The van der Waals surface area contributed by atoms with Crippen molar-refractivity contribution in [3.8, 4) is 0 Å². The van der Waals surface area contributed by atoms with Gasteiger partial charge in [-0.3, -0.25) is 0 Å². The number of nitrogen functional groups attached to an aromatic ring is 1. The number of sulfonamides is 1. The molecule has 2 rings (SSSR count). The van der Waals surface area contributed by atoms with E-state index in [0.29, 0.717) is 25.3 Å². The molecule has 1 aromatic heterocycles. The van der Waals surface area contributed by atoms with Gasteiger partial charge in [0.15, 0.2) is 0 Å². The van der Waals surface area contributed by atoms with Crippen molar-refractivity contribution in [3.05, 3.63) is 18.3 Å². The molecule has 1 saturated heterocycles. The van der Waals surface area contributed by atoms with E-state index in [9.17, 15) is 8.42 Å². The standard InChI is InChI=1S/C10H16N4O3S/c1-17-8-3-5-14(7-8)18(15,16)9-2-4-12-10(6-9)13-11/h2,4,6,8H,3,5,7,11H2,1H3,(H,12,13). The van der Waals surface area contributed by atoms with Crippen molar-refractivity contribution in [2.75, 3.05) is 25.6 Å². The van der Waals surface area contributed by atoms with Crippen LogP contribution in [0.5, 0.6) is 0 Å². The van der Waals surface area contributed by atoms with Crippen LogP contribution in [0, 0.1) is 0 Å². The maximum Gasteiger partial charge on any atom is 0.243 e. The molecular weight excluding hydrogens is 256 g/mol. The molecule has 18 heavy (non-hydrogen) atoms. The number of nitrogens with one attached hydrogen (secondary N) is 1. The van der Waals surface area contributed by atoms with Gasteiger partial charge in [-0.1, -0.05) is 0 Å². The first-order valence-corrected chi connectivity index (χ1v) is 6.97. The number of pyridine rings is 1. The molecule has 7 nitrogen and oxygen atoms in total. The molecule has 0 spiro atoms. The number of nitrogens with two attached hydrogens (primary N) is 1. The number of anilines is 1. The fourth-order valence-electron chi connectivity index (χ4n) is 1.91. The third kappa shape index (κ3) is 2.46. The summed E-state index contributed by atoms with van der Waals surface area (Å²) in [5, 5.41) is 0. The Kier molecular flexibility index (Phi) is 3.81. The van der Waals surface area contributed by atoms with Gasteiger partial charge >= 0.3 is 0 Å². The van der Waals surface area contributed by atoms with Crippen LogP contribution in [0.15, 0.2) is 23.2 Å². The molecule has 1 aliphatic heterocycles. The number of nitrogens with zero attached hydrogens (tertiary/aromatic N) is 2. The van der Waals surface area contributed by atoms with Gasteiger partial charge < -0.3 is 10.2 Å². The van der Waals surface area contributed by atoms with Crippen molar-refractivity contribution >= 4 is 15.8 Å². The highest BCUT2D eigenvalue weighted by molar-refractivity contribution is 7.89. The van der Waals surface area contributed by atoms with E-state index < -0.39 is 10.0 Å². The zero-order valence-electron chi connectivity index (χ0n) is 10.0. The minimum Gasteiger partial charge on any atom is -0.380 e. The number of hydrogen-bond acceptors (Lipinski definition) is 6. The predicted molar refractivity (Wildman–Crippen MR) is 66.2 cm³/mol. The molecule has 0 amide bonds. The molecule has 0 radical (unpaired) electrons. The van der Waals surface area contributed by atoms with Crippen molar-refractivity contribution in [1.29, 1.82) is 0 Å². The molecule has 0 saturated carbocycles. The van der Waals surface area contributed by atoms with E-state index in [-0.39, 0.29) is 11.0 Å². The highest BCUT2D eigenvalue weighted by Crippen LogP contribution is 2.22. The number of hydrazine groups is 1. The van der Waals surface area contributed by atoms with Crippen LogP contribution in [0.3, 0.4) is 0 Å². The summed E-state index contributed by atoms with van der Waals surface area (Å²) in [5.41, 5.74) is 2.33. The number of ether oxygens (including phenoxy) is 1. The highest BCUT2D eigenvalue weighted by atomic mass is 32.2. The third-order valence-electron chi connectivity index (χ3n) is 2.96. The summed E-state index contributed by atoms with van der Waals surface area (Å²) >= 11 is 0. The van der Waals surface area contributed by atoms with E-state index in [4.69, 9.17) is 10.6 Å². The van der Waals surface area contributed by atoms with Crippen LogP contribution in [-0.4, -0.2) is 44.0 Å². The Bertz CT molecular complexity index is 520. The van der Waals surface area contributed by atoms with Gasteiger partial charge in [0.05, 0.1) is 11.0 Å². The van der Waals surface area contributed by atoms with Crippen LogP contribution in [0.2, 0.25) is 0 Å². The lowest BCUT2D eigenvalue weighted by Crippen LogP contribution is -2.30. The lowest BCUT2D eigenvalue weighted by molar-refractivity contribution is 0.115. The maximum absolute atomic E-state index is 12.3. The Balaban J connectivity index is 2.25. The molecular formula is C10H16N4O3S. The fraction of sp³-hybridized carbons (Fsp3) is 0.500. The normalized spacial score (nSPS) is 21.1. The van der Waals surface area contributed by atoms with Gasteiger partial charge in [-0.15, -0.1) is 0 Å². The van der Waals surface area contributed by atoms with Gasteiger partial charge in [0.1, 0.15) is 5.82 Å². The van der Waals surface area contributed by atoms with Crippen molar-refractivity contribution in [1.82, 2.24) is 9.29 Å². The van der Waals surface area contributed by atoms with Crippen molar-refractivity contribution in [3.63, 3.8) is 0 Å². The van der Waals surface area contributed by atoms with Crippen molar-refractivity contribution < 1.29 is 13.2 Å². The van der Waals surface area contributed by atoms with E-state index in [1.54, 1.807) is 7.11 Å². The van der Waals surface area contributed by atoms with Crippen molar-refractivity contribution in [2.24, 2.45) is 5.84 Å². The number of rotatable bonds is 4. The van der Waals surface area contributed by atoms with Crippen LogP contribution in [0.1, 0.15) is 6.42 Å². The molecule has 1 atom stereocenters. The van der Waals surface area contributed by atoms with E-state index >= 15 is 0 Å². The fourth-order valence-corrected chi connectivity index (χ4v) is 3.41. The van der Waals surface area contributed by atoms with Crippen LogP contribution >= 0.6 is 0 Å². The smallest absolute Gasteiger partial charge is 0.243 e. The van der Waals surface area contributed by atoms with Crippen LogP contribution in [0.25, 0.3) is 0 Å². The lowest BCUT2D eigenvalue weighted by Gasteiger charge is -2.16. The van der Waals surface area contributed by atoms with Gasteiger partial charge in [-0.25, -0.2) is 19.2 Å². The second-order valence-electron chi connectivity index (χ2n) is 4.03. The lowest BCUT2D eigenvalue weighted by atomic mass is 10.3. The summed E-state index contributed by atoms with van der Waals surface area (Å²) in [6.07, 6.45) is 2.09. The molecule has 1 unspecified atom stereocenters. The number of methoxy groups -OCH3 is 1. The quantitative estimate of drug-likeness (QED) is 0.581. The first kappa shape index (κ1) is 13.2. The van der Waals surface area contributed by atoms with Crippen molar-refractivity contribution in [2.45, 2.75) is 17.4 Å². The first-order valence-electron chi connectivity index (χ1n) is 5.53. The Morgan fingerprint density at radius 1 is 1.61 bits per heavy atom. The minimum atomic E-state index is -3.50. The van der Waals surface area contributed by atoms with Gasteiger partial charge in [-0.2, -0.15) is 4.31 Å². The maximum atomic E-state index is 12.3. The van der Waals surface area contributed by atoms with Crippen LogP contribution < -0.4 is 11.3 Å². The Morgan fingerprint density at radius 2 is 2.39 bits per heavy atom. The highest BCUT2D eigenvalue weighted by Gasteiger charge is 2.32. The molecule has 0 bridgehead atoms. The summed E-state index contributed by atoms with van der Waals surface area (Å²) in [7, 11) is -1.91. The Hall–Kier alpha value is -1.22. The van der Waals surface area contributed by atoms with Crippen LogP contribution in [-0.2, 0) is 14.8 Å². The summed E-state index contributed by atoms with van der Waals surface area (Å²) in [6, 6.07) is 2.87. The first-order chi connectivity index (χ1) is 8.57. The average molecular weight is 272 g/mol. The molecule has 1 fully saturated rings. The zero-order valence-corrected chi connectivity index (χ0v) is 10.9. The number of hydrogen-bond donors (Lipinski definition) is 2. The second-order valence-corrected chi connectivity index (χ2v) is 5.97. The second kappa shape index (κ2) is 5.19. The summed E-state index contributed by atoms with van der Waals surface area (Å²) in [6.45, 7) is 0.848. The summed E-state index contributed by atoms with van der Waals surface area (Å²) in [4.78, 5) is 4.07. The molecule has 2 heterocycles. The molecule has 8 heteroatoms. The van der Waals surface area contributed by atoms with Gasteiger partial charge in [-0.05, 0) is 12.5 Å². The topological polar surface area (TPSA) is 97.5 Å². The van der Waals surface area contributed by atoms with Crippen LogP contribution in [0.4, 0.5) is 5.82 Å². The average Bonchev–Trinajstić information content (AvgIpc) is 2.88. The summed E-state index contributed by atoms with van der Waals surface area (Å²) < 4.78 is 31.3. The minimum absolute atomic E-state index is 0.0336.